The fourth-order valence-corrected chi connectivity index (χ4v) is 2.35. The summed E-state index contributed by atoms with van der Waals surface area (Å²) in [5, 5.41) is 0.898. The van der Waals surface area contributed by atoms with Gasteiger partial charge in [-0.3, -0.25) is 15.0 Å². The highest BCUT2D eigenvalue weighted by molar-refractivity contribution is 7.80. The lowest BCUT2D eigenvalue weighted by Crippen LogP contribution is -2.48. The number of fused-ring (bicyclic) bond motifs is 1. The minimum atomic E-state index is -0.252. The van der Waals surface area contributed by atoms with Crippen molar-refractivity contribution in [3.05, 3.63) is 11.6 Å². The van der Waals surface area contributed by atoms with Crippen molar-refractivity contribution in [2.24, 2.45) is 17.6 Å². The first kappa shape index (κ1) is 11.1. The zero-order valence-corrected chi connectivity index (χ0v) is 9.71. The number of hydrazine groups is 1. The van der Waals surface area contributed by atoms with E-state index in [2.05, 4.69) is 17.6 Å². The standard InChI is InChI=1S/C10H13N3O2S/c1-5-2-3-6-7(4-5)9(15)13(8(6)14)12-10(11)16/h2,6-7H,3-4H2,1H3,(H3,11,12,16). The summed E-state index contributed by atoms with van der Waals surface area (Å²) >= 11 is 4.63. The number of rotatable bonds is 1. The smallest absolute Gasteiger partial charge is 0.252 e. The lowest BCUT2D eigenvalue weighted by atomic mass is 9.82. The van der Waals surface area contributed by atoms with Crippen LogP contribution in [0.1, 0.15) is 19.8 Å². The van der Waals surface area contributed by atoms with Crippen LogP contribution in [0.2, 0.25) is 0 Å². The van der Waals surface area contributed by atoms with E-state index in [4.69, 9.17) is 5.73 Å². The third-order valence-corrected chi connectivity index (χ3v) is 3.14. The number of allylic oxidation sites excluding steroid dienone is 2. The second-order valence-corrected chi connectivity index (χ2v) is 4.63. The molecular weight excluding hydrogens is 226 g/mol. The molecule has 0 saturated carbocycles. The Morgan fingerprint density at radius 2 is 2.12 bits per heavy atom. The van der Waals surface area contributed by atoms with Crippen LogP contribution in [0.15, 0.2) is 11.6 Å². The molecule has 0 radical (unpaired) electrons. The van der Waals surface area contributed by atoms with E-state index >= 15 is 0 Å². The lowest BCUT2D eigenvalue weighted by Gasteiger charge is -2.18. The van der Waals surface area contributed by atoms with Gasteiger partial charge in [-0.1, -0.05) is 11.6 Å². The topological polar surface area (TPSA) is 75.4 Å². The molecule has 0 bridgehead atoms. The van der Waals surface area contributed by atoms with Crippen molar-refractivity contribution in [1.82, 2.24) is 10.4 Å². The van der Waals surface area contributed by atoms with Crippen LogP contribution < -0.4 is 11.2 Å². The van der Waals surface area contributed by atoms with Gasteiger partial charge in [-0.05, 0) is 32.0 Å². The maximum Gasteiger partial charge on any atom is 0.252 e. The second-order valence-electron chi connectivity index (χ2n) is 4.19. The van der Waals surface area contributed by atoms with E-state index in [-0.39, 0.29) is 28.8 Å². The SMILES string of the molecule is CC1=CCC2C(=O)N(NC(N)=S)C(=O)C2C1. The Morgan fingerprint density at radius 1 is 1.50 bits per heavy atom. The molecule has 2 amide bonds. The molecule has 0 aromatic heterocycles. The number of carbonyl (C=O) groups excluding carboxylic acids is 2. The molecule has 16 heavy (non-hydrogen) atoms. The molecule has 6 heteroatoms. The fourth-order valence-electron chi connectivity index (χ4n) is 2.26. The fraction of sp³-hybridized carbons (Fsp3) is 0.500. The van der Waals surface area contributed by atoms with Gasteiger partial charge in [0.2, 0.25) is 0 Å². The Bertz CT molecular complexity index is 405. The Morgan fingerprint density at radius 3 is 2.75 bits per heavy atom. The monoisotopic (exact) mass is 239 g/mol. The van der Waals surface area contributed by atoms with E-state index in [0.717, 1.165) is 10.6 Å². The number of imide groups is 1. The molecule has 0 aromatic rings. The summed E-state index contributed by atoms with van der Waals surface area (Å²) in [5.74, 6) is -0.959. The maximum absolute atomic E-state index is 11.9. The van der Waals surface area contributed by atoms with Crippen molar-refractivity contribution in [2.45, 2.75) is 19.8 Å². The van der Waals surface area contributed by atoms with Crippen molar-refractivity contribution in [3.8, 4) is 0 Å². The first-order valence-electron chi connectivity index (χ1n) is 5.10. The van der Waals surface area contributed by atoms with Crippen LogP contribution in [0, 0.1) is 11.8 Å². The molecule has 1 fully saturated rings. The molecular formula is C10H13N3O2S. The quantitative estimate of drug-likeness (QED) is 0.385. The summed E-state index contributed by atoms with van der Waals surface area (Å²) < 4.78 is 0. The summed E-state index contributed by atoms with van der Waals surface area (Å²) in [5.41, 5.74) is 8.86. The first-order valence-corrected chi connectivity index (χ1v) is 5.51. The second kappa shape index (κ2) is 3.86. The number of hydrogen-bond donors (Lipinski definition) is 2. The van der Waals surface area contributed by atoms with Crippen LogP contribution in [0.5, 0.6) is 0 Å². The lowest BCUT2D eigenvalue weighted by molar-refractivity contribution is -0.142. The highest BCUT2D eigenvalue weighted by Crippen LogP contribution is 2.36. The summed E-state index contributed by atoms with van der Waals surface area (Å²) in [6.45, 7) is 1.97. The van der Waals surface area contributed by atoms with E-state index < -0.39 is 0 Å². The molecule has 86 valence electrons. The molecule has 0 aromatic carbocycles. The van der Waals surface area contributed by atoms with Gasteiger partial charge in [0.15, 0.2) is 5.11 Å². The molecule has 2 unspecified atom stereocenters. The predicted molar refractivity (Wildman–Crippen MR) is 61.7 cm³/mol. The van der Waals surface area contributed by atoms with Gasteiger partial charge in [-0.2, -0.15) is 5.01 Å². The Hall–Kier alpha value is -1.43. The molecule has 0 spiro atoms. The van der Waals surface area contributed by atoms with Crippen LogP contribution in [-0.4, -0.2) is 21.9 Å². The van der Waals surface area contributed by atoms with E-state index in [9.17, 15) is 9.59 Å². The number of carbonyl (C=O) groups is 2. The molecule has 2 rings (SSSR count). The van der Waals surface area contributed by atoms with Crippen molar-refractivity contribution < 1.29 is 9.59 Å². The van der Waals surface area contributed by atoms with Crippen molar-refractivity contribution in [1.29, 1.82) is 0 Å². The Labute approximate surface area is 98.6 Å². The van der Waals surface area contributed by atoms with Crippen LogP contribution in [0.25, 0.3) is 0 Å². The van der Waals surface area contributed by atoms with Gasteiger partial charge in [0.05, 0.1) is 11.8 Å². The van der Waals surface area contributed by atoms with E-state index in [1.807, 2.05) is 13.0 Å². The van der Waals surface area contributed by atoms with Gasteiger partial charge in [0.25, 0.3) is 11.8 Å². The van der Waals surface area contributed by atoms with Crippen molar-refractivity contribution >= 4 is 29.1 Å². The average molecular weight is 239 g/mol. The minimum absolute atomic E-state index is 0.0648. The third kappa shape index (κ3) is 1.69. The Kier molecular flexibility index (Phi) is 2.67. The van der Waals surface area contributed by atoms with E-state index in [1.54, 1.807) is 0 Å². The number of nitrogens with two attached hydrogens (primary N) is 1. The molecule has 1 heterocycles. The summed E-state index contributed by atoms with van der Waals surface area (Å²) in [7, 11) is 0. The number of thiocarbonyl (C=S) groups is 1. The maximum atomic E-state index is 11.9. The Balaban J connectivity index is 2.21. The molecule has 2 aliphatic rings. The van der Waals surface area contributed by atoms with Gasteiger partial charge in [0.1, 0.15) is 0 Å². The van der Waals surface area contributed by atoms with Crippen LogP contribution in [-0.2, 0) is 9.59 Å². The third-order valence-electron chi connectivity index (χ3n) is 3.05. The largest absolute Gasteiger partial charge is 0.375 e. The number of hydrogen-bond acceptors (Lipinski definition) is 3. The number of amides is 2. The van der Waals surface area contributed by atoms with Crippen LogP contribution in [0.4, 0.5) is 0 Å². The summed E-state index contributed by atoms with van der Waals surface area (Å²) in [6, 6.07) is 0. The molecule has 1 aliphatic carbocycles. The van der Waals surface area contributed by atoms with Crippen molar-refractivity contribution in [3.63, 3.8) is 0 Å². The van der Waals surface area contributed by atoms with Gasteiger partial charge < -0.3 is 5.73 Å². The van der Waals surface area contributed by atoms with Crippen LogP contribution >= 0.6 is 12.2 Å². The highest BCUT2D eigenvalue weighted by atomic mass is 32.1. The first-order chi connectivity index (χ1) is 7.50. The van der Waals surface area contributed by atoms with Gasteiger partial charge in [-0.25, -0.2) is 0 Å². The molecule has 2 atom stereocenters. The number of nitrogens with one attached hydrogen (secondary N) is 1. The van der Waals surface area contributed by atoms with Crippen LogP contribution in [0.3, 0.4) is 0 Å². The average Bonchev–Trinajstić information content (AvgIpc) is 2.43. The van der Waals surface area contributed by atoms with Gasteiger partial charge >= 0.3 is 0 Å². The number of nitrogens with zero attached hydrogens (tertiary/aromatic N) is 1. The molecule has 5 nitrogen and oxygen atoms in total. The van der Waals surface area contributed by atoms with E-state index in [0.29, 0.717) is 12.8 Å². The van der Waals surface area contributed by atoms with Gasteiger partial charge in [0, 0.05) is 0 Å². The predicted octanol–water partition coefficient (Wildman–Crippen LogP) is 0.0759. The molecule has 3 N–H and O–H groups in total. The van der Waals surface area contributed by atoms with Crippen molar-refractivity contribution in [2.75, 3.05) is 0 Å². The zero-order chi connectivity index (χ0) is 11.9. The highest BCUT2D eigenvalue weighted by Gasteiger charge is 2.48. The molecule has 1 saturated heterocycles. The minimum Gasteiger partial charge on any atom is -0.375 e. The van der Waals surface area contributed by atoms with Gasteiger partial charge in [-0.15, -0.1) is 0 Å². The zero-order valence-electron chi connectivity index (χ0n) is 8.90. The summed E-state index contributed by atoms with van der Waals surface area (Å²) in [6.07, 6.45) is 3.28. The molecule has 1 aliphatic heterocycles. The van der Waals surface area contributed by atoms with E-state index in [1.165, 1.54) is 0 Å². The summed E-state index contributed by atoms with van der Waals surface area (Å²) in [4.78, 5) is 23.8. The normalized spacial score (nSPS) is 28.8.